The molecule has 226 valence electrons. The lowest BCUT2D eigenvalue weighted by atomic mass is 9.92. The van der Waals surface area contributed by atoms with Gasteiger partial charge in [0.05, 0.1) is 42.4 Å². The van der Waals surface area contributed by atoms with E-state index < -0.39 is 5.97 Å². The van der Waals surface area contributed by atoms with E-state index in [0.717, 1.165) is 30.0 Å². The molecular formula is C34H40N4O5. The molecule has 3 heterocycles. The van der Waals surface area contributed by atoms with Crippen molar-refractivity contribution < 1.29 is 24.2 Å². The first-order valence-corrected chi connectivity index (χ1v) is 14.8. The molecule has 9 heteroatoms. The molecule has 1 amide bonds. The van der Waals surface area contributed by atoms with Gasteiger partial charge in [-0.2, -0.15) is 0 Å². The summed E-state index contributed by atoms with van der Waals surface area (Å²) in [6, 6.07) is 18.0. The largest absolute Gasteiger partial charge is 0.478 e. The van der Waals surface area contributed by atoms with Crippen LogP contribution in [-0.4, -0.2) is 72.0 Å². The van der Waals surface area contributed by atoms with Crippen LogP contribution in [0, 0.1) is 6.92 Å². The number of carbonyl (C=O) groups is 3. The number of nitrogens with one attached hydrogen (secondary N) is 1. The second-order valence-corrected chi connectivity index (χ2v) is 10.7. The summed E-state index contributed by atoms with van der Waals surface area (Å²) in [7, 11) is 0. The molecule has 43 heavy (non-hydrogen) atoms. The van der Waals surface area contributed by atoms with Crippen molar-refractivity contribution in [3.8, 4) is 0 Å². The fourth-order valence-corrected chi connectivity index (χ4v) is 5.22. The van der Waals surface area contributed by atoms with Gasteiger partial charge in [0.25, 0.3) is 0 Å². The minimum Gasteiger partial charge on any atom is -0.478 e. The van der Waals surface area contributed by atoms with Gasteiger partial charge >= 0.3 is 5.97 Å². The van der Waals surface area contributed by atoms with Crippen LogP contribution in [0.1, 0.15) is 59.9 Å². The van der Waals surface area contributed by atoms with E-state index in [-0.39, 0.29) is 17.3 Å². The monoisotopic (exact) mass is 584 g/mol. The van der Waals surface area contributed by atoms with Gasteiger partial charge in [-0.05, 0) is 54.8 Å². The van der Waals surface area contributed by atoms with Crippen LogP contribution >= 0.6 is 0 Å². The molecule has 1 aromatic heterocycles. The van der Waals surface area contributed by atoms with Gasteiger partial charge in [0, 0.05) is 31.6 Å². The number of carboxylic acids is 1. The van der Waals surface area contributed by atoms with Crippen molar-refractivity contribution in [2.24, 2.45) is 0 Å². The van der Waals surface area contributed by atoms with Gasteiger partial charge < -0.3 is 20.1 Å². The average molecular weight is 585 g/mol. The number of carboxylic acid groups (broad SMARTS) is 1. The van der Waals surface area contributed by atoms with Gasteiger partial charge in [-0.3, -0.25) is 14.5 Å². The zero-order valence-corrected chi connectivity index (χ0v) is 25.4. The van der Waals surface area contributed by atoms with Crippen molar-refractivity contribution in [2.75, 3.05) is 49.6 Å². The third kappa shape index (κ3) is 7.74. The molecule has 3 aromatic rings. The van der Waals surface area contributed by atoms with Crippen molar-refractivity contribution >= 4 is 40.4 Å². The number of ether oxygens (including phenoxy) is 1. The van der Waals surface area contributed by atoms with E-state index in [1.54, 1.807) is 24.0 Å². The highest BCUT2D eigenvalue weighted by Crippen LogP contribution is 2.33. The summed E-state index contributed by atoms with van der Waals surface area (Å²) in [5, 5.41) is 12.8. The number of aromatic carboxylic acids is 1. The number of amides is 1. The Balaban J connectivity index is 0.00000135. The lowest BCUT2D eigenvalue weighted by Crippen LogP contribution is -2.44. The number of nitrogens with zero attached hydrogens (tertiary/aromatic N) is 3. The summed E-state index contributed by atoms with van der Waals surface area (Å²) in [6.45, 7) is 11.3. The maximum Gasteiger partial charge on any atom is 0.335 e. The number of Topliss-reactive ketones (excluding diaryl/α,β-unsaturated/α-hetero) is 1. The Hall–Kier alpha value is -4.34. The zero-order chi connectivity index (χ0) is 30.9. The second-order valence-electron chi connectivity index (χ2n) is 10.7. The molecular weight excluding hydrogens is 544 g/mol. The summed E-state index contributed by atoms with van der Waals surface area (Å²) in [6.07, 6.45) is 1.89. The summed E-state index contributed by atoms with van der Waals surface area (Å²) < 4.78 is 5.39. The van der Waals surface area contributed by atoms with Gasteiger partial charge in [0.15, 0.2) is 5.78 Å². The number of hydrogen-bond donors (Lipinski definition) is 2. The van der Waals surface area contributed by atoms with Gasteiger partial charge in [-0.1, -0.05) is 56.7 Å². The molecule has 2 aliphatic rings. The summed E-state index contributed by atoms with van der Waals surface area (Å²) in [4.78, 5) is 46.4. The van der Waals surface area contributed by atoms with Gasteiger partial charge in [0.1, 0.15) is 5.82 Å². The molecule has 1 fully saturated rings. The molecule has 9 nitrogen and oxygen atoms in total. The van der Waals surface area contributed by atoms with Crippen LogP contribution < -0.4 is 10.2 Å². The number of carbonyl (C=O) groups excluding carboxylic acids is 2. The van der Waals surface area contributed by atoms with Gasteiger partial charge in [-0.25, -0.2) is 9.78 Å². The molecule has 1 saturated heterocycles. The maximum absolute atomic E-state index is 13.1. The number of pyridine rings is 1. The number of ketones is 1. The molecule has 0 aliphatic carbocycles. The molecule has 2 aromatic carbocycles. The standard InChI is InChI=1S/C31H32N4O5.C3H8/c1-20-18-23(31(38)39)8-9-24(20)29(21(2)36)30(22-6-4-3-5-7-22)33-27-11-10-26-25(32-27)12-13-35(26)28(37)19-34-14-16-40-17-15-34;1-3-2/h3-11,18H,12-17,19H2,1-2H3,(H,32,33)(H,38,39);3H2,1-2H3/b30-29+;. The van der Waals surface area contributed by atoms with Gasteiger partial charge in [-0.15, -0.1) is 0 Å². The van der Waals surface area contributed by atoms with E-state index in [2.05, 4.69) is 24.1 Å². The molecule has 0 bridgehead atoms. The first-order valence-electron chi connectivity index (χ1n) is 14.8. The Kier molecular flexibility index (Phi) is 10.8. The zero-order valence-electron chi connectivity index (χ0n) is 25.4. The number of fused-ring (bicyclic) bond motifs is 1. The number of anilines is 2. The highest BCUT2D eigenvalue weighted by atomic mass is 16.5. The second kappa shape index (κ2) is 14.7. The minimum absolute atomic E-state index is 0.0483. The van der Waals surface area contributed by atoms with Crippen LogP contribution in [-0.2, 0) is 20.7 Å². The third-order valence-electron chi connectivity index (χ3n) is 7.24. The number of hydrogen-bond acceptors (Lipinski definition) is 7. The highest BCUT2D eigenvalue weighted by Gasteiger charge is 2.28. The van der Waals surface area contributed by atoms with E-state index in [4.69, 9.17) is 9.72 Å². The Morgan fingerprint density at radius 1 is 0.953 bits per heavy atom. The van der Waals surface area contributed by atoms with E-state index in [1.165, 1.54) is 19.4 Å². The molecule has 2 N–H and O–H groups in total. The molecule has 0 atom stereocenters. The number of rotatable bonds is 8. The Labute approximate surface area is 253 Å². The number of benzene rings is 2. The van der Waals surface area contributed by atoms with Crippen molar-refractivity contribution in [3.63, 3.8) is 0 Å². The van der Waals surface area contributed by atoms with Crippen molar-refractivity contribution in [3.05, 3.63) is 88.6 Å². The fraction of sp³-hybridized carbons (Fsp3) is 0.353. The van der Waals surface area contributed by atoms with Crippen LogP contribution in [0.5, 0.6) is 0 Å². The van der Waals surface area contributed by atoms with Crippen LogP contribution in [0.25, 0.3) is 11.3 Å². The lowest BCUT2D eigenvalue weighted by Gasteiger charge is -2.28. The summed E-state index contributed by atoms with van der Waals surface area (Å²) in [5.74, 6) is -0.589. The quantitative estimate of drug-likeness (QED) is 0.271. The molecule has 2 aliphatic heterocycles. The first-order chi connectivity index (χ1) is 20.7. The number of aryl methyl sites for hydroxylation is 1. The molecule has 0 radical (unpaired) electrons. The van der Waals surface area contributed by atoms with Crippen molar-refractivity contribution in [2.45, 2.75) is 40.5 Å². The molecule has 0 saturated carbocycles. The normalized spacial score (nSPS) is 15.1. The predicted octanol–water partition coefficient (Wildman–Crippen LogP) is 5.30. The highest BCUT2D eigenvalue weighted by molar-refractivity contribution is 6.28. The van der Waals surface area contributed by atoms with E-state index in [1.807, 2.05) is 42.5 Å². The molecule has 0 unspecified atom stereocenters. The molecule has 0 spiro atoms. The van der Waals surface area contributed by atoms with Crippen LogP contribution in [0.15, 0.2) is 60.7 Å². The van der Waals surface area contributed by atoms with E-state index in [9.17, 15) is 19.5 Å². The maximum atomic E-state index is 13.1. The van der Waals surface area contributed by atoms with Crippen LogP contribution in [0.3, 0.4) is 0 Å². The fourth-order valence-electron chi connectivity index (χ4n) is 5.22. The number of aromatic nitrogens is 1. The Morgan fingerprint density at radius 3 is 2.28 bits per heavy atom. The minimum atomic E-state index is -1.02. The summed E-state index contributed by atoms with van der Waals surface area (Å²) in [5.41, 5.74) is 4.90. The van der Waals surface area contributed by atoms with Crippen molar-refractivity contribution in [1.82, 2.24) is 9.88 Å². The van der Waals surface area contributed by atoms with Crippen LogP contribution in [0.2, 0.25) is 0 Å². The number of allylic oxidation sites excluding steroid dienone is 1. The topological polar surface area (TPSA) is 112 Å². The van der Waals surface area contributed by atoms with E-state index in [0.29, 0.717) is 60.9 Å². The lowest BCUT2D eigenvalue weighted by molar-refractivity contribution is -0.120. The van der Waals surface area contributed by atoms with Gasteiger partial charge in [0.2, 0.25) is 5.91 Å². The Morgan fingerprint density at radius 2 is 1.65 bits per heavy atom. The van der Waals surface area contributed by atoms with Crippen molar-refractivity contribution in [1.29, 1.82) is 0 Å². The molecule has 5 rings (SSSR count). The first kappa shape index (κ1) is 31.6. The summed E-state index contributed by atoms with van der Waals surface area (Å²) >= 11 is 0. The predicted molar refractivity (Wildman–Crippen MR) is 169 cm³/mol. The average Bonchev–Trinajstić information content (AvgIpc) is 3.42. The third-order valence-corrected chi connectivity index (χ3v) is 7.24. The van der Waals surface area contributed by atoms with Crippen LogP contribution in [0.4, 0.5) is 11.5 Å². The smallest absolute Gasteiger partial charge is 0.335 e. The van der Waals surface area contributed by atoms with E-state index >= 15 is 0 Å². The Bertz CT molecular complexity index is 1500. The SMILES string of the molecule is CC(=O)/C(=C(\Nc1ccc2c(n1)CCN2C(=O)CN1CCOCC1)c1ccccc1)c1ccc(C(=O)O)cc1C.CCC. The number of morpholine rings is 1.